The van der Waals surface area contributed by atoms with E-state index in [0.717, 1.165) is 10.0 Å². The number of hydrogen-bond acceptors (Lipinski definition) is 3. The first kappa shape index (κ1) is 11.0. The first-order chi connectivity index (χ1) is 7.18. The van der Waals surface area contributed by atoms with Crippen LogP contribution in [0.25, 0.3) is 0 Å². The predicted octanol–water partition coefficient (Wildman–Crippen LogP) is -0.124. The highest BCUT2D eigenvalue weighted by Gasteiger charge is 2.31. The second kappa shape index (κ2) is 4.55. The molecular weight excluding hydrogens is 278 g/mol. The standard InChI is InChI=1S/C10H10BrNO2S/c11-7-4-2-1-3-6(7)9-12-8(5-15-9)10(13)14/h1-4,8-9,12H,5H2,(H,13,14)/t8-,9-/m0/s1. The van der Waals surface area contributed by atoms with Gasteiger partial charge < -0.3 is 15.2 Å². The van der Waals surface area contributed by atoms with Crippen molar-refractivity contribution >= 4 is 33.7 Å². The van der Waals surface area contributed by atoms with Crippen LogP contribution in [0.2, 0.25) is 0 Å². The molecule has 15 heavy (non-hydrogen) atoms. The van der Waals surface area contributed by atoms with Crippen LogP contribution in [-0.4, -0.2) is 17.8 Å². The number of hydrogen-bond donors (Lipinski definition) is 1. The van der Waals surface area contributed by atoms with Gasteiger partial charge in [-0.2, -0.15) is 0 Å². The van der Waals surface area contributed by atoms with Gasteiger partial charge in [0.1, 0.15) is 12.0 Å². The van der Waals surface area contributed by atoms with Crippen LogP contribution in [0.1, 0.15) is 10.9 Å². The number of quaternary nitrogens is 1. The molecule has 3 nitrogen and oxygen atoms in total. The van der Waals surface area contributed by atoms with Crippen LogP contribution >= 0.6 is 27.7 Å². The number of benzene rings is 1. The molecule has 0 bridgehead atoms. The van der Waals surface area contributed by atoms with Gasteiger partial charge in [0.15, 0.2) is 5.37 Å². The lowest BCUT2D eigenvalue weighted by Crippen LogP contribution is -2.90. The lowest BCUT2D eigenvalue weighted by atomic mass is 10.2. The fraction of sp³-hybridized carbons (Fsp3) is 0.300. The van der Waals surface area contributed by atoms with Crippen molar-refractivity contribution in [1.29, 1.82) is 0 Å². The van der Waals surface area contributed by atoms with Gasteiger partial charge in [-0.3, -0.25) is 0 Å². The SMILES string of the molecule is O=C([O-])[C@@H]1CS[C@@H](c2ccccc2Br)[NH2+]1. The lowest BCUT2D eigenvalue weighted by molar-refractivity contribution is -0.690. The van der Waals surface area contributed by atoms with E-state index in [-0.39, 0.29) is 5.37 Å². The van der Waals surface area contributed by atoms with Gasteiger partial charge in [-0.1, -0.05) is 45.9 Å². The number of thioether (sulfide) groups is 1. The van der Waals surface area contributed by atoms with E-state index in [1.165, 1.54) is 0 Å². The summed E-state index contributed by atoms with van der Waals surface area (Å²) >= 11 is 5.11. The molecule has 5 heteroatoms. The minimum Gasteiger partial charge on any atom is -0.544 e. The molecule has 2 rings (SSSR count). The molecule has 1 fully saturated rings. The fourth-order valence-electron chi connectivity index (χ4n) is 1.58. The molecule has 1 heterocycles. The number of halogens is 1. The summed E-state index contributed by atoms with van der Waals surface area (Å²) in [6, 6.07) is 7.46. The number of rotatable bonds is 2. The van der Waals surface area contributed by atoms with E-state index in [2.05, 4.69) is 15.9 Å². The minimum absolute atomic E-state index is 0.156. The van der Waals surface area contributed by atoms with Gasteiger partial charge in [0.25, 0.3) is 0 Å². The monoisotopic (exact) mass is 287 g/mol. The average molecular weight is 288 g/mol. The number of carboxylic acid groups (broad SMARTS) is 1. The molecule has 1 aromatic rings. The Morgan fingerprint density at radius 2 is 2.27 bits per heavy atom. The van der Waals surface area contributed by atoms with Crippen LogP contribution in [-0.2, 0) is 4.79 Å². The number of carbonyl (C=O) groups is 1. The summed E-state index contributed by atoms with van der Waals surface area (Å²) in [6.45, 7) is 0. The Kier molecular flexibility index (Phi) is 3.33. The number of nitrogens with two attached hydrogens (primary N) is 1. The zero-order valence-electron chi connectivity index (χ0n) is 7.85. The zero-order valence-corrected chi connectivity index (χ0v) is 10.3. The Balaban J connectivity index is 2.14. The molecule has 1 aromatic carbocycles. The third-order valence-electron chi connectivity index (χ3n) is 2.38. The molecule has 0 unspecified atom stereocenters. The van der Waals surface area contributed by atoms with E-state index < -0.39 is 12.0 Å². The largest absolute Gasteiger partial charge is 0.544 e. The Labute approximate surface area is 100 Å². The van der Waals surface area contributed by atoms with Crippen LogP contribution in [0.15, 0.2) is 28.7 Å². The van der Waals surface area contributed by atoms with Gasteiger partial charge in [0.05, 0.1) is 5.75 Å². The molecule has 2 N–H and O–H groups in total. The van der Waals surface area contributed by atoms with Gasteiger partial charge in [0.2, 0.25) is 0 Å². The van der Waals surface area contributed by atoms with Crippen molar-refractivity contribution in [2.24, 2.45) is 0 Å². The van der Waals surface area contributed by atoms with E-state index in [0.29, 0.717) is 5.75 Å². The van der Waals surface area contributed by atoms with Crippen LogP contribution in [0, 0.1) is 0 Å². The Hall–Kier alpha value is -0.520. The van der Waals surface area contributed by atoms with Crippen LogP contribution in [0.4, 0.5) is 0 Å². The van der Waals surface area contributed by atoms with Crippen molar-refractivity contribution in [2.45, 2.75) is 11.4 Å². The Bertz CT molecular complexity index is 385. The maximum absolute atomic E-state index is 10.7. The quantitative estimate of drug-likeness (QED) is 0.825. The van der Waals surface area contributed by atoms with E-state index >= 15 is 0 Å². The summed E-state index contributed by atoms with van der Waals surface area (Å²) < 4.78 is 1.03. The van der Waals surface area contributed by atoms with E-state index in [9.17, 15) is 9.90 Å². The topological polar surface area (TPSA) is 56.7 Å². The summed E-state index contributed by atoms with van der Waals surface area (Å²) in [5, 5.41) is 12.7. The fourth-order valence-corrected chi connectivity index (χ4v) is 3.61. The number of aliphatic carboxylic acids is 1. The molecule has 1 aliphatic heterocycles. The van der Waals surface area contributed by atoms with Gasteiger partial charge in [-0.15, -0.1) is 0 Å². The molecule has 1 saturated heterocycles. The second-order valence-electron chi connectivity index (χ2n) is 3.39. The molecule has 0 amide bonds. The van der Waals surface area contributed by atoms with E-state index in [1.54, 1.807) is 11.8 Å². The van der Waals surface area contributed by atoms with Crippen molar-refractivity contribution in [1.82, 2.24) is 0 Å². The van der Waals surface area contributed by atoms with Crippen molar-refractivity contribution in [3.8, 4) is 0 Å². The van der Waals surface area contributed by atoms with Crippen molar-refractivity contribution in [2.75, 3.05) is 5.75 Å². The highest BCUT2D eigenvalue weighted by atomic mass is 79.9. The maximum Gasteiger partial charge on any atom is 0.160 e. The zero-order chi connectivity index (χ0) is 10.8. The molecule has 0 radical (unpaired) electrons. The third kappa shape index (κ3) is 2.35. The van der Waals surface area contributed by atoms with Crippen LogP contribution in [0.3, 0.4) is 0 Å². The Morgan fingerprint density at radius 1 is 1.53 bits per heavy atom. The molecule has 0 spiro atoms. The Morgan fingerprint density at radius 3 is 2.87 bits per heavy atom. The summed E-state index contributed by atoms with van der Waals surface area (Å²) in [6.07, 6.45) is 0. The molecular formula is C10H10BrNO2S. The summed E-state index contributed by atoms with van der Waals surface area (Å²) in [4.78, 5) is 10.7. The molecule has 0 aromatic heterocycles. The predicted molar refractivity (Wildman–Crippen MR) is 60.1 cm³/mol. The molecule has 80 valence electrons. The average Bonchev–Trinajstić information content (AvgIpc) is 2.67. The van der Waals surface area contributed by atoms with Gasteiger partial charge in [-0.05, 0) is 6.07 Å². The summed E-state index contributed by atoms with van der Waals surface area (Å²) in [5.41, 5.74) is 1.13. The van der Waals surface area contributed by atoms with E-state index in [4.69, 9.17) is 0 Å². The number of carbonyl (C=O) groups excluding carboxylic acids is 1. The summed E-state index contributed by atoms with van der Waals surface area (Å²) in [5.74, 6) is -0.369. The smallest absolute Gasteiger partial charge is 0.160 e. The van der Waals surface area contributed by atoms with Crippen molar-refractivity contribution in [3.05, 3.63) is 34.3 Å². The maximum atomic E-state index is 10.7. The molecule has 0 saturated carbocycles. The highest BCUT2D eigenvalue weighted by Crippen LogP contribution is 2.31. The van der Waals surface area contributed by atoms with Crippen molar-refractivity contribution < 1.29 is 15.2 Å². The molecule has 1 aliphatic rings. The summed E-state index contributed by atoms with van der Waals surface area (Å²) in [7, 11) is 0. The van der Waals surface area contributed by atoms with Gasteiger partial charge in [-0.25, -0.2) is 0 Å². The van der Waals surface area contributed by atoms with Crippen LogP contribution in [0.5, 0.6) is 0 Å². The minimum atomic E-state index is -0.975. The van der Waals surface area contributed by atoms with Crippen LogP contribution < -0.4 is 10.4 Å². The lowest BCUT2D eigenvalue weighted by Gasteiger charge is -2.11. The third-order valence-corrected chi connectivity index (χ3v) is 4.42. The van der Waals surface area contributed by atoms with Crippen molar-refractivity contribution in [3.63, 3.8) is 0 Å². The second-order valence-corrected chi connectivity index (χ2v) is 5.42. The first-order valence-electron chi connectivity index (χ1n) is 4.60. The normalized spacial score (nSPS) is 25.4. The van der Waals surface area contributed by atoms with Gasteiger partial charge in [0, 0.05) is 10.0 Å². The highest BCUT2D eigenvalue weighted by molar-refractivity contribution is 9.10. The first-order valence-corrected chi connectivity index (χ1v) is 6.44. The van der Waals surface area contributed by atoms with E-state index in [1.807, 2.05) is 29.6 Å². The molecule has 0 aliphatic carbocycles. The number of carboxylic acids is 1. The molecule has 2 atom stereocenters. The van der Waals surface area contributed by atoms with Gasteiger partial charge >= 0.3 is 0 Å².